The summed E-state index contributed by atoms with van der Waals surface area (Å²) in [4.78, 5) is 4.45. The van der Waals surface area contributed by atoms with Crippen LogP contribution < -0.4 is 9.64 Å². The Hall–Kier alpha value is -2.64. The molecule has 7 heteroatoms. The van der Waals surface area contributed by atoms with Crippen molar-refractivity contribution in [3.63, 3.8) is 0 Å². The molecule has 0 radical (unpaired) electrons. The van der Waals surface area contributed by atoms with Crippen molar-refractivity contribution in [2.24, 2.45) is 0 Å². The van der Waals surface area contributed by atoms with Crippen LogP contribution in [0.2, 0.25) is 0 Å². The number of piperazine rings is 1. The SMILES string of the molecule is Cl.OC(COc1ccccc1C(O)CCc1ccccc1)CN1CCN(c2ccc(F)cc2)CC1. The molecule has 188 valence electrons. The van der Waals surface area contributed by atoms with E-state index in [1.165, 1.54) is 17.7 Å². The van der Waals surface area contributed by atoms with Gasteiger partial charge >= 0.3 is 0 Å². The molecule has 0 amide bonds. The lowest BCUT2D eigenvalue weighted by Crippen LogP contribution is -2.49. The van der Waals surface area contributed by atoms with E-state index in [1.807, 2.05) is 42.5 Å². The fourth-order valence-corrected chi connectivity index (χ4v) is 4.37. The summed E-state index contributed by atoms with van der Waals surface area (Å²) in [5.41, 5.74) is 2.96. The van der Waals surface area contributed by atoms with E-state index in [-0.39, 0.29) is 24.8 Å². The third-order valence-corrected chi connectivity index (χ3v) is 6.29. The summed E-state index contributed by atoms with van der Waals surface area (Å²) in [6.07, 6.45) is 0.119. The number of anilines is 1. The zero-order valence-corrected chi connectivity index (χ0v) is 20.6. The lowest BCUT2D eigenvalue weighted by molar-refractivity contribution is 0.0643. The van der Waals surface area contributed by atoms with Crippen molar-refractivity contribution in [2.75, 3.05) is 44.2 Å². The van der Waals surface area contributed by atoms with Crippen LogP contribution in [0.15, 0.2) is 78.9 Å². The second-order valence-corrected chi connectivity index (χ2v) is 8.81. The molecule has 1 aliphatic heterocycles. The van der Waals surface area contributed by atoms with Crippen molar-refractivity contribution in [1.82, 2.24) is 4.90 Å². The molecule has 5 nitrogen and oxygen atoms in total. The number of aliphatic hydroxyl groups excluding tert-OH is 2. The lowest BCUT2D eigenvalue weighted by atomic mass is 10.0. The number of hydrogen-bond acceptors (Lipinski definition) is 5. The summed E-state index contributed by atoms with van der Waals surface area (Å²) >= 11 is 0. The van der Waals surface area contributed by atoms with Crippen molar-refractivity contribution < 1.29 is 19.3 Å². The smallest absolute Gasteiger partial charge is 0.125 e. The van der Waals surface area contributed by atoms with E-state index >= 15 is 0 Å². The number of nitrogens with zero attached hydrogens (tertiary/aromatic N) is 2. The van der Waals surface area contributed by atoms with E-state index in [2.05, 4.69) is 21.9 Å². The largest absolute Gasteiger partial charge is 0.490 e. The molecule has 0 spiro atoms. The highest BCUT2D eigenvalue weighted by Crippen LogP contribution is 2.28. The quantitative estimate of drug-likeness (QED) is 0.430. The number of ether oxygens (including phenoxy) is 1. The maximum atomic E-state index is 13.2. The normalized spacial score (nSPS) is 15.8. The molecule has 0 aromatic heterocycles. The Morgan fingerprint density at radius 3 is 2.20 bits per heavy atom. The van der Waals surface area contributed by atoms with Gasteiger partial charge in [0.1, 0.15) is 24.3 Å². The Balaban J connectivity index is 0.00000342. The van der Waals surface area contributed by atoms with Gasteiger partial charge in [-0.1, -0.05) is 48.5 Å². The molecule has 0 bridgehead atoms. The predicted octanol–water partition coefficient (Wildman–Crippen LogP) is 4.48. The van der Waals surface area contributed by atoms with Crippen molar-refractivity contribution in [2.45, 2.75) is 25.0 Å². The minimum atomic E-state index is -0.633. The third-order valence-electron chi connectivity index (χ3n) is 6.29. The molecule has 1 fully saturated rings. The first-order valence-corrected chi connectivity index (χ1v) is 11.9. The molecular weight excluding hydrogens is 467 g/mol. The molecule has 0 saturated carbocycles. The summed E-state index contributed by atoms with van der Waals surface area (Å²) in [6, 6.07) is 24.2. The highest BCUT2D eigenvalue weighted by atomic mass is 35.5. The molecule has 2 unspecified atom stereocenters. The summed E-state index contributed by atoms with van der Waals surface area (Å²) in [7, 11) is 0. The van der Waals surface area contributed by atoms with Gasteiger partial charge in [0.15, 0.2) is 0 Å². The van der Waals surface area contributed by atoms with Crippen LogP contribution in [0.1, 0.15) is 23.7 Å². The number of aliphatic hydroxyl groups is 2. The number of hydrogen-bond donors (Lipinski definition) is 2. The maximum Gasteiger partial charge on any atom is 0.125 e. The van der Waals surface area contributed by atoms with E-state index in [0.29, 0.717) is 18.7 Å². The number of β-amino-alcohol motifs (C(OH)–C–C–N with tert-alkyl or cyclic N) is 1. The molecule has 2 atom stereocenters. The second kappa shape index (κ2) is 13.4. The first-order valence-electron chi connectivity index (χ1n) is 11.9. The molecular formula is C28H34ClFN2O3. The van der Waals surface area contributed by atoms with Crippen molar-refractivity contribution in [3.8, 4) is 5.75 Å². The van der Waals surface area contributed by atoms with E-state index in [1.54, 1.807) is 12.1 Å². The topological polar surface area (TPSA) is 56.2 Å². The average Bonchev–Trinajstić information content (AvgIpc) is 2.88. The Kier molecular flexibility index (Phi) is 10.4. The zero-order valence-electron chi connectivity index (χ0n) is 19.8. The number of benzene rings is 3. The lowest BCUT2D eigenvalue weighted by Gasteiger charge is -2.36. The van der Waals surface area contributed by atoms with Gasteiger partial charge in [-0.15, -0.1) is 12.4 Å². The van der Waals surface area contributed by atoms with Gasteiger partial charge in [0.05, 0.1) is 6.10 Å². The molecule has 3 aromatic carbocycles. The molecule has 4 rings (SSSR count). The van der Waals surface area contributed by atoms with Crippen LogP contribution in [-0.4, -0.2) is 60.5 Å². The number of aryl methyl sites for hydroxylation is 1. The van der Waals surface area contributed by atoms with E-state index in [9.17, 15) is 14.6 Å². The van der Waals surface area contributed by atoms with Crippen LogP contribution in [0, 0.1) is 5.82 Å². The Labute approximate surface area is 213 Å². The van der Waals surface area contributed by atoms with E-state index in [4.69, 9.17) is 4.74 Å². The summed E-state index contributed by atoms with van der Waals surface area (Å²) in [5.74, 6) is 0.388. The van der Waals surface area contributed by atoms with Crippen LogP contribution in [0.25, 0.3) is 0 Å². The molecule has 1 aliphatic rings. The Morgan fingerprint density at radius 2 is 1.49 bits per heavy atom. The molecule has 1 saturated heterocycles. The maximum absolute atomic E-state index is 13.2. The summed E-state index contributed by atoms with van der Waals surface area (Å²) in [6.45, 7) is 3.99. The molecule has 3 aromatic rings. The second-order valence-electron chi connectivity index (χ2n) is 8.81. The fourth-order valence-electron chi connectivity index (χ4n) is 4.37. The summed E-state index contributed by atoms with van der Waals surface area (Å²) in [5, 5.41) is 21.3. The standard InChI is InChI=1S/C28H33FN2O3.ClH/c29-23-11-13-24(14-12-23)31-18-16-30(17-19-31)20-25(32)21-34-28-9-5-4-8-26(28)27(33)15-10-22-6-2-1-3-7-22;/h1-9,11-14,25,27,32-33H,10,15-21H2;1H. The zero-order chi connectivity index (χ0) is 23.8. The highest BCUT2D eigenvalue weighted by Gasteiger charge is 2.20. The Bertz CT molecular complexity index is 1010. The van der Waals surface area contributed by atoms with Gasteiger partial charge in [-0.3, -0.25) is 4.90 Å². The van der Waals surface area contributed by atoms with Crippen LogP contribution in [0.3, 0.4) is 0 Å². The van der Waals surface area contributed by atoms with Crippen LogP contribution in [-0.2, 0) is 6.42 Å². The average molecular weight is 501 g/mol. The van der Waals surface area contributed by atoms with Crippen molar-refractivity contribution >= 4 is 18.1 Å². The fraction of sp³-hybridized carbons (Fsp3) is 0.357. The van der Waals surface area contributed by atoms with Gasteiger partial charge < -0.3 is 19.8 Å². The third kappa shape index (κ3) is 7.94. The van der Waals surface area contributed by atoms with Gasteiger partial charge in [0.25, 0.3) is 0 Å². The van der Waals surface area contributed by atoms with Crippen LogP contribution >= 0.6 is 12.4 Å². The van der Waals surface area contributed by atoms with Crippen LogP contribution in [0.4, 0.5) is 10.1 Å². The molecule has 0 aliphatic carbocycles. The number of halogens is 2. The first kappa shape index (κ1) is 27.0. The number of para-hydroxylation sites is 1. The highest BCUT2D eigenvalue weighted by molar-refractivity contribution is 5.85. The Morgan fingerprint density at radius 1 is 0.829 bits per heavy atom. The van der Waals surface area contributed by atoms with Crippen LogP contribution in [0.5, 0.6) is 5.75 Å². The minimum Gasteiger partial charge on any atom is -0.490 e. The van der Waals surface area contributed by atoms with Crippen molar-refractivity contribution in [1.29, 1.82) is 0 Å². The predicted molar refractivity (Wildman–Crippen MR) is 140 cm³/mol. The van der Waals surface area contributed by atoms with E-state index in [0.717, 1.165) is 43.9 Å². The minimum absolute atomic E-state index is 0. The van der Waals surface area contributed by atoms with Gasteiger partial charge in [0, 0.05) is 44.0 Å². The number of rotatable bonds is 10. The molecule has 35 heavy (non-hydrogen) atoms. The van der Waals surface area contributed by atoms with E-state index < -0.39 is 12.2 Å². The first-order chi connectivity index (χ1) is 16.6. The monoisotopic (exact) mass is 500 g/mol. The molecule has 1 heterocycles. The van der Waals surface area contributed by atoms with Gasteiger partial charge in [-0.2, -0.15) is 0 Å². The summed E-state index contributed by atoms with van der Waals surface area (Å²) < 4.78 is 19.1. The van der Waals surface area contributed by atoms with Gasteiger partial charge in [0.2, 0.25) is 0 Å². The molecule has 2 N–H and O–H groups in total. The van der Waals surface area contributed by atoms with Gasteiger partial charge in [-0.25, -0.2) is 4.39 Å². The van der Waals surface area contributed by atoms with Crippen molar-refractivity contribution in [3.05, 3.63) is 95.8 Å². The van der Waals surface area contributed by atoms with Gasteiger partial charge in [-0.05, 0) is 48.7 Å².